The van der Waals surface area contributed by atoms with Gasteiger partial charge in [-0.1, -0.05) is 11.6 Å². The second-order valence-electron chi connectivity index (χ2n) is 3.92. The molecule has 0 spiro atoms. The summed E-state index contributed by atoms with van der Waals surface area (Å²) in [6, 6.07) is 4.39. The van der Waals surface area contributed by atoms with E-state index in [1.54, 1.807) is 4.90 Å². The third-order valence-corrected chi connectivity index (χ3v) is 3.02. The molecular weight excluding hydrogens is 242 g/mol. The predicted molar refractivity (Wildman–Crippen MR) is 64.5 cm³/mol. The van der Waals surface area contributed by atoms with Crippen molar-refractivity contribution in [2.24, 2.45) is 0 Å². The Kier molecular flexibility index (Phi) is 3.86. The fourth-order valence-electron chi connectivity index (χ4n) is 1.80. The molecule has 1 aromatic rings. The van der Waals surface area contributed by atoms with E-state index in [9.17, 15) is 9.90 Å². The lowest BCUT2D eigenvalue weighted by Gasteiger charge is -2.20. The lowest BCUT2D eigenvalue weighted by atomic mass is 10.2. The molecule has 1 aliphatic heterocycles. The SMILES string of the molecule is O=C(c1cc(O)ccc1Cl)N1CCCOCC1. The summed E-state index contributed by atoms with van der Waals surface area (Å²) in [5.41, 5.74) is 0.341. The van der Waals surface area contributed by atoms with Crippen LogP contribution in [0.3, 0.4) is 0 Å². The number of benzene rings is 1. The number of rotatable bonds is 1. The van der Waals surface area contributed by atoms with E-state index in [1.807, 2.05) is 0 Å². The van der Waals surface area contributed by atoms with Crippen molar-refractivity contribution in [3.05, 3.63) is 28.8 Å². The molecule has 0 bridgehead atoms. The summed E-state index contributed by atoms with van der Waals surface area (Å²) in [5.74, 6) is -0.111. The van der Waals surface area contributed by atoms with Crippen LogP contribution in [0.15, 0.2) is 18.2 Å². The van der Waals surface area contributed by atoms with Gasteiger partial charge in [0.2, 0.25) is 0 Å². The van der Waals surface area contributed by atoms with Gasteiger partial charge in [-0.05, 0) is 24.6 Å². The maximum absolute atomic E-state index is 12.2. The molecule has 0 saturated carbocycles. The molecule has 2 rings (SSSR count). The monoisotopic (exact) mass is 255 g/mol. The van der Waals surface area contributed by atoms with E-state index >= 15 is 0 Å². The van der Waals surface area contributed by atoms with Crippen LogP contribution in [0.2, 0.25) is 5.02 Å². The highest BCUT2D eigenvalue weighted by molar-refractivity contribution is 6.33. The van der Waals surface area contributed by atoms with E-state index in [-0.39, 0.29) is 11.7 Å². The van der Waals surface area contributed by atoms with Gasteiger partial charge in [0.05, 0.1) is 17.2 Å². The van der Waals surface area contributed by atoms with Crippen molar-refractivity contribution >= 4 is 17.5 Å². The molecule has 0 aliphatic carbocycles. The molecule has 0 atom stereocenters. The molecule has 0 unspecified atom stereocenters. The minimum atomic E-state index is -0.156. The molecule has 17 heavy (non-hydrogen) atoms. The van der Waals surface area contributed by atoms with Gasteiger partial charge in [-0.2, -0.15) is 0 Å². The second kappa shape index (κ2) is 5.38. The van der Waals surface area contributed by atoms with Gasteiger partial charge in [0.1, 0.15) is 5.75 Å². The van der Waals surface area contributed by atoms with E-state index in [4.69, 9.17) is 16.3 Å². The standard InChI is InChI=1S/C12H14ClNO3/c13-11-3-2-9(15)8-10(11)12(16)14-4-1-6-17-7-5-14/h2-3,8,15H,1,4-7H2. The number of nitrogens with zero attached hydrogens (tertiary/aromatic N) is 1. The van der Waals surface area contributed by atoms with Gasteiger partial charge in [-0.15, -0.1) is 0 Å². The van der Waals surface area contributed by atoms with Gasteiger partial charge in [0.15, 0.2) is 0 Å². The molecule has 1 heterocycles. The summed E-state index contributed by atoms with van der Waals surface area (Å²) >= 11 is 5.96. The largest absolute Gasteiger partial charge is 0.508 e. The van der Waals surface area contributed by atoms with E-state index in [0.717, 1.165) is 6.42 Å². The molecule has 92 valence electrons. The van der Waals surface area contributed by atoms with Gasteiger partial charge >= 0.3 is 0 Å². The number of hydrogen-bond acceptors (Lipinski definition) is 3. The van der Waals surface area contributed by atoms with Crippen LogP contribution in [0.1, 0.15) is 16.8 Å². The summed E-state index contributed by atoms with van der Waals surface area (Å²) in [6.07, 6.45) is 0.822. The molecule has 1 fully saturated rings. The number of hydrogen-bond donors (Lipinski definition) is 1. The minimum absolute atomic E-state index is 0.0452. The zero-order chi connectivity index (χ0) is 12.3. The highest BCUT2D eigenvalue weighted by atomic mass is 35.5. The van der Waals surface area contributed by atoms with Crippen molar-refractivity contribution in [1.82, 2.24) is 4.90 Å². The molecule has 1 saturated heterocycles. The van der Waals surface area contributed by atoms with Gasteiger partial charge in [0.25, 0.3) is 5.91 Å². The molecule has 1 amide bonds. The normalized spacial score (nSPS) is 16.6. The van der Waals surface area contributed by atoms with Gasteiger partial charge < -0.3 is 14.7 Å². The fraction of sp³-hybridized carbons (Fsp3) is 0.417. The number of halogens is 1. The second-order valence-corrected chi connectivity index (χ2v) is 4.33. The fourth-order valence-corrected chi connectivity index (χ4v) is 2.00. The molecular formula is C12H14ClNO3. The molecule has 1 aliphatic rings. The summed E-state index contributed by atoms with van der Waals surface area (Å²) in [4.78, 5) is 13.9. The molecule has 1 N–H and O–H groups in total. The van der Waals surface area contributed by atoms with Crippen LogP contribution in [0.5, 0.6) is 5.75 Å². The van der Waals surface area contributed by atoms with Crippen molar-refractivity contribution in [1.29, 1.82) is 0 Å². The average Bonchev–Trinajstić information content (AvgIpc) is 2.60. The third kappa shape index (κ3) is 2.90. The van der Waals surface area contributed by atoms with E-state index < -0.39 is 0 Å². The first-order chi connectivity index (χ1) is 8.18. The number of carbonyl (C=O) groups excluding carboxylic acids is 1. The predicted octanol–water partition coefficient (Wildman–Crippen LogP) is 1.91. The average molecular weight is 256 g/mol. The maximum atomic E-state index is 12.2. The maximum Gasteiger partial charge on any atom is 0.255 e. The quantitative estimate of drug-likeness (QED) is 0.834. The van der Waals surface area contributed by atoms with Crippen LogP contribution in [-0.4, -0.2) is 42.2 Å². The lowest BCUT2D eigenvalue weighted by molar-refractivity contribution is 0.0741. The molecule has 0 aromatic heterocycles. The summed E-state index contributed by atoms with van der Waals surface area (Å²) in [6.45, 7) is 2.44. The van der Waals surface area contributed by atoms with Crippen LogP contribution in [0, 0.1) is 0 Å². The Morgan fingerprint density at radius 2 is 2.18 bits per heavy atom. The first-order valence-corrected chi connectivity index (χ1v) is 5.92. The number of amides is 1. The molecule has 4 nitrogen and oxygen atoms in total. The Hall–Kier alpha value is -1.26. The number of phenolic OH excluding ortho intramolecular Hbond substituents is 1. The lowest BCUT2D eigenvalue weighted by Crippen LogP contribution is -2.33. The number of aromatic hydroxyl groups is 1. The van der Waals surface area contributed by atoms with E-state index in [0.29, 0.717) is 36.9 Å². The number of phenols is 1. The minimum Gasteiger partial charge on any atom is -0.508 e. The molecule has 1 aromatic carbocycles. The first-order valence-electron chi connectivity index (χ1n) is 5.54. The van der Waals surface area contributed by atoms with Crippen LogP contribution in [0.4, 0.5) is 0 Å². The van der Waals surface area contributed by atoms with Crippen molar-refractivity contribution in [3.63, 3.8) is 0 Å². The molecule has 5 heteroatoms. The Labute approximate surface area is 105 Å². The molecule has 0 radical (unpaired) electrons. The highest BCUT2D eigenvalue weighted by Gasteiger charge is 2.20. The van der Waals surface area contributed by atoms with Gasteiger partial charge in [-0.25, -0.2) is 0 Å². The summed E-state index contributed by atoms with van der Waals surface area (Å²) in [5, 5.41) is 9.75. The summed E-state index contributed by atoms with van der Waals surface area (Å²) in [7, 11) is 0. The van der Waals surface area contributed by atoms with Gasteiger partial charge in [0, 0.05) is 19.7 Å². The van der Waals surface area contributed by atoms with Crippen LogP contribution in [0.25, 0.3) is 0 Å². The smallest absolute Gasteiger partial charge is 0.255 e. The Morgan fingerprint density at radius 3 is 3.00 bits per heavy atom. The zero-order valence-electron chi connectivity index (χ0n) is 9.36. The van der Waals surface area contributed by atoms with Crippen molar-refractivity contribution in [2.45, 2.75) is 6.42 Å². The van der Waals surface area contributed by atoms with Crippen LogP contribution in [-0.2, 0) is 4.74 Å². The highest BCUT2D eigenvalue weighted by Crippen LogP contribution is 2.23. The van der Waals surface area contributed by atoms with Crippen LogP contribution < -0.4 is 0 Å². The topological polar surface area (TPSA) is 49.8 Å². The van der Waals surface area contributed by atoms with Gasteiger partial charge in [-0.3, -0.25) is 4.79 Å². The zero-order valence-corrected chi connectivity index (χ0v) is 10.1. The summed E-state index contributed by atoms with van der Waals surface area (Å²) < 4.78 is 5.29. The Bertz CT molecular complexity index is 414. The van der Waals surface area contributed by atoms with Crippen molar-refractivity contribution in [2.75, 3.05) is 26.3 Å². The van der Waals surface area contributed by atoms with Crippen molar-refractivity contribution < 1.29 is 14.6 Å². The number of carbonyl (C=O) groups is 1. The van der Waals surface area contributed by atoms with E-state index in [2.05, 4.69) is 0 Å². The Morgan fingerprint density at radius 1 is 1.35 bits per heavy atom. The van der Waals surface area contributed by atoms with Crippen LogP contribution >= 0.6 is 11.6 Å². The van der Waals surface area contributed by atoms with E-state index in [1.165, 1.54) is 18.2 Å². The Balaban J connectivity index is 2.20. The first kappa shape index (κ1) is 12.2. The van der Waals surface area contributed by atoms with Crippen molar-refractivity contribution in [3.8, 4) is 5.75 Å². The third-order valence-electron chi connectivity index (χ3n) is 2.69. The number of ether oxygens (including phenoxy) is 1.